The second-order valence-corrected chi connectivity index (χ2v) is 15.7. The Bertz CT molecular complexity index is 1190. The Morgan fingerprint density at radius 2 is 0.836 bits per heavy atom. The van der Waals surface area contributed by atoms with Crippen molar-refractivity contribution >= 4 is 17.5 Å². The largest absolute Gasteiger partial charge is 0.496 e. The van der Waals surface area contributed by atoms with E-state index < -0.39 is 0 Å². The van der Waals surface area contributed by atoms with E-state index in [1.165, 1.54) is 165 Å². The van der Waals surface area contributed by atoms with E-state index in [0.29, 0.717) is 0 Å². The minimum atomic E-state index is 0.797. The van der Waals surface area contributed by atoms with Crippen molar-refractivity contribution in [2.24, 2.45) is 0 Å². The molecule has 0 unspecified atom stereocenters. The average Bonchev–Trinajstić information content (AvgIpc) is 3.21. The molecule has 2 rings (SSSR count). The molecule has 6 nitrogen and oxygen atoms in total. The maximum absolute atomic E-state index is 6.13. The van der Waals surface area contributed by atoms with Crippen molar-refractivity contribution in [3.8, 4) is 11.5 Å². The topological polar surface area (TPSA) is 43.2 Å². The maximum Gasteiger partial charge on any atom is 0.207 e. The van der Waals surface area contributed by atoms with Gasteiger partial charge in [-0.15, -0.1) is 0 Å². The molecule has 1 aliphatic carbocycles. The lowest BCUT2D eigenvalue weighted by molar-refractivity contribution is -0.527. The molecule has 0 aromatic heterocycles. The zero-order valence-corrected chi connectivity index (χ0v) is 37.2. The number of rotatable bonds is 34. The van der Waals surface area contributed by atoms with Crippen molar-refractivity contribution in [1.82, 2.24) is 0 Å². The summed E-state index contributed by atoms with van der Waals surface area (Å²) < 4.78 is 27.1. The van der Waals surface area contributed by atoms with Crippen LogP contribution in [-0.2, 0) is 9.47 Å². The van der Waals surface area contributed by atoms with Gasteiger partial charge in [-0.3, -0.25) is 0 Å². The molecule has 0 N–H and O–H groups in total. The highest BCUT2D eigenvalue weighted by Gasteiger charge is 2.26. The van der Waals surface area contributed by atoms with Gasteiger partial charge in [-0.1, -0.05) is 143 Å². The molecule has 0 atom stereocenters. The van der Waals surface area contributed by atoms with Gasteiger partial charge in [-0.25, -0.2) is 4.58 Å². The van der Waals surface area contributed by atoms with Gasteiger partial charge in [0.25, 0.3) is 0 Å². The van der Waals surface area contributed by atoms with E-state index in [2.05, 4.69) is 67.5 Å². The molecule has 0 fully saturated rings. The van der Waals surface area contributed by atoms with Crippen LogP contribution in [0.5, 0.6) is 11.5 Å². The highest BCUT2D eigenvalue weighted by Crippen LogP contribution is 2.39. The lowest BCUT2D eigenvalue weighted by Crippen LogP contribution is -2.26. The number of nitrogens with zero attached hydrogens (tertiary/aromatic N) is 2. The highest BCUT2D eigenvalue weighted by molar-refractivity contribution is 6.04. The quantitative estimate of drug-likeness (QED) is 0.0516. The molecule has 0 bridgehead atoms. The van der Waals surface area contributed by atoms with Crippen LogP contribution in [0.15, 0.2) is 41.4 Å². The van der Waals surface area contributed by atoms with Crippen LogP contribution in [0.25, 0.3) is 6.08 Å². The number of methoxy groups -OCH3 is 4. The number of ether oxygens (including phenoxy) is 4. The van der Waals surface area contributed by atoms with Gasteiger partial charge in [0.15, 0.2) is 0 Å². The van der Waals surface area contributed by atoms with E-state index >= 15 is 0 Å². The third-order valence-corrected chi connectivity index (χ3v) is 11.2. The molecule has 0 radical (unpaired) electrons. The summed E-state index contributed by atoms with van der Waals surface area (Å²) in [5.41, 5.74) is 4.13. The van der Waals surface area contributed by atoms with Crippen LogP contribution in [0.4, 0.5) is 5.69 Å². The average molecular weight is 766 g/mol. The molecule has 1 aliphatic rings. The molecular formula is C49H85N2O4+. The number of hydrogen-bond acceptors (Lipinski definition) is 5. The van der Waals surface area contributed by atoms with Crippen LogP contribution < -0.4 is 14.4 Å². The Labute approximate surface area is 339 Å². The first kappa shape index (κ1) is 48.3. The van der Waals surface area contributed by atoms with E-state index in [4.69, 9.17) is 18.9 Å². The molecular weight excluding hydrogens is 681 g/mol. The van der Waals surface area contributed by atoms with Crippen molar-refractivity contribution in [2.45, 2.75) is 182 Å². The minimum absolute atomic E-state index is 0.797. The van der Waals surface area contributed by atoms with E-state index in [9.17, 15) is 0 Å². The summed E-state index contributed by atoms with van der Waals surface area (Å²) in [7, 11) is 7.06. The summed E-state index contributed by atoms with van der Waals surface area (Å²) >= 11 is 0. The fourth-order valence-corrected chi connectivity index (χ4v) is 7.72. The van der Waals surface area contributed by atoms with Crippen LogP contribution in [-0.4, -0.2) is 64.9 Å². The number of anilines is 1. The minimum Gasteiger partial charge on any atom is -0.496 e. The molecule has 55 heavy (non-hydrogen) atoms. The van der Waals surface area contributed by atoms with Crippen molar-refractivity contribution in [1.29, 1.82) is 0 Å². The van der Waals surface area contributed by atoms with Gasteiger partial charge in [0.05, 0.1) is 51.7 Å². The number of unbranched alkanes of at least 4 members (excludes halogenated alkanes) is 20. The zero-order valence-electron chi connectivity index (χ0n) is 37.2. The van der Waals surface area contributed by atoms with Gasteiger partial charge in [-0.05, 0) is 31.8 Å². The first-order valence-electron chi connectivity index (χ1n) is 22.9. The molecule has 314 valence electrons. The van der Waals surface area contributed by atoms with Crippen molar-refractivity contribution < 1.29 is 23.5 Å². The number of hydrogen-bond donors (Lipinski definition) is 0. The SMILES string of the molecule is CCCCCCCCN(CCCCCCCC)c1cc(OC)c(C=C2C(OC)=CC(=[N+](CCCCCCCC)CCCCCCCC)C=C2OC)c(OC)c1. The Morgan fingerprint density at radius 1 is 0.473 bits per heavy atom. The lowest BCUT2D eigenvalue weighted by atomic mass is 9.99. The van der Waals surface area contributed by atoms with E-state index in [0.717, 1.165) is 60.3 Å². The molecule has 0 amide bonds. The van der Waals surface area contributed by atoms with Crippen molar-refractivity contribution in [2.75, 3.05) is 59.5 Å². The van der Waals surface area contributed by atoms with Gasteiger partial charge in [-0.2, -0.15) is 0 Å². The van der Waals surface area contributed by atoms with Crippen LogP contribution in [0.1, 0.15) is 187 Å². The van der Waals surface area contributed by atoms with E-state index in [-0.39, 0.29) is 0 Å². The molecule has 0 saturated carbocycles. The molecule has 1 aromatic carbocycles. The summed E-state index contributed by atoms with van der Waals surface area (Å²) in [6.07, 6.45) is 37.5. The summed E-state index contributed by atoms with van der Waals surface area (Å²) in [6, 6.07) is 4.41. The summed E-state index contributed by atoms with van der Waals surface area (Å²) in [4.78, 5) is 2.56. The fourth-order valence-electron chi connectivity index (χ4n) is 7.72. The van der Waals surface area contributed by atoms with Crippen LogP contribution in [0.3, 0.4) is 0 Å². The predicted octanol–water partition coefficient (Wildman–Crippen LogP) is 13.9. The second-order valence-electron chi connectivity index (χ2n) is 15.7. The lowest BCUT2D eigenvalue weighted by Gasteiger charge is -2.27. The molecule has 1 aromatic rings. The Balaban J connectivity index is 2.45. The Hall–Kier alpha value is -2.89. The summed E-state index contributed by atoms with van der Waals surface area (Å²) in [5.74, 6) is 3.19. The van der Waals surface area contributed by atoms with E-state index in [1.54, 1.807) is 28.4 Å². The van der Waals surface area contributed by atoms with E-state index in [1.807, 2.05) is 0 Å². The second kappa shape index (κ2) is 31.2. The monoisotopic (exact) mass is 766 g/mol. The zero-order chi connectivity index (χ0) is 39.9. The first-order valence-corrected chi connectivity index (χ1v) is 22.9. The van der Waals surface area contributed by atoms with Crippen LogP contribution in [0.2, 0.25) is 0 Å². The van der Waals surface area contributed by atoms with Gasteiger partial charge < -0.3 is 23.8 Å². The third kappa shape index (κ3) is 18.7. The molecule has 0 spiro atoms. The van der Waals surface area contributed by atoms with Gasteiger partial charge in [0.1, 0.15) is 36.1 Å². The molecule has 0 heterocycles. The molecule has 0 aliphatic heterocycles. The molecule has 6 heteroatoms. The summed E-state index contributed by atoms with van der Waals surface area (Å²) in [5, 5.41) is 0. The van der Waals surface area contributed by atoms with Crippen molar-refractivity contribution in [3.05, 3.63) is 46.9 Å². The van der Waals surface area contributed by atoms with Gasteiger partial charge in [0.2, 0.25) is 5.71 Å². The van der Waals surface area contributed by atoms with Gasteiger partial charge >= 0.3 is 0 Å². The van der Waals surface area contributed by atoms with Crippen molar-refractivity contribution in [3.63, 3.8) is 0 Å². The number of allylic oxidation sites excluding steroid dienone is 2. The standard InChI is InChI=1S/C49H85N2O4/c1-9-13-17-21-25-29-33-50(34-30-26-22-18-14-10-2)42-37-46(52-5)44(47(38-42)53-6)41-45-48(54-7)39-43(40-49(45)55-8)51(35-31-27-23-19-15-11-3)36-32-28-24-20-16-12-4/h37-41H,9-36H2,1-8H3/q+1. The normalized spacial score (nSPS) is 12.7. The fraction of sp³-hybridized carbons (Fsp3) is 0.735. The molecule has 0 saturated heterocycles. The first-order chi connectivity index (χ1) is 27.0. The Kier molecular flexibility index (Phi) is 27.4. The van der Waals surface area contributed by atoms with Gasteiger partial charge in [0, 0.05) is 43.8 Å². The highest BCUT2D eigenvalue weighted by atomic mass is 16.5. The third-order valence-electron chi connectivity index (χ3n) is 11.2. The Morgan fingerprint density at radius 3 is 1.20 bits per heavy atom. The maximum atomic E-state index is 6.13. The summed E-state index contributed by atoms with van der Waals surface area (Å²) in [6.45, 7) is 13.3. The number of benzene rings is 1. The predicted molar refractivity (Wildman–Crippen MR) is 238 cm³/mol. The van der Waals surface area contributed by atoms with Crippen LogP contribution in [0, 0.1) is 0 Å². The van der Waals surface area contributed by atoms with Crippen LogP contribution >= 0.6 is 0 Å². The smallest absolute Gasteiger partial charge is 0.207 e.